The van der Waals surface area contributed by atoms with Gasteiger partial charge in [0.25, 0.3) is 0 Å². The molecule has 13 heavy (non-hydrogen) atoms. The molecule has 0 aliphatic rings. The zero-order chi connectivity index (χ0) is 9.26. The quantitative estimate of drug-likeness (QED) is 0.646. The lowest BCUT2D eigenvalue weighted by Crippen LogP contribution is -1.91. The number of aromatic nitrogens is 1. The predicted octanol–water partition coefficient (Wildman–Crippen LogP) is 2.47. The van der Waals surface area contributed by atoms with Gasteiger partial charge in [-0.05, 0) is 24.6 Å². The lowest BCUT2D eigenvalue weighted by Gasteiger charge is -1.99. The van der Waals surface area contributed by atoms with Crippen LogP contribution >= 0.6 is 0 Å². The summed E-state index contributed by atoms with van der Waals surface area (Å²) in [5.41, 5.74) is 2.40. The molecule has 2 aromatic rings. The van der Waals surface area contributed by atoms with Crippen LogP contribution in [0.15, 0.2) is 30.5 Å². The van der Waals surface area contributed by atoms with Crippen LogP contribution < -0.4 is 0 Å². The highest BCUT2D eigenvalue weighted by atomic mass is 14.9. The second kappa shape index (κ2) is 2.95. The molecule has 2 rings (SSSR count). The highest BCUT2D eigenvalue weighted by Crippen LogP contribution is 2.18. The lowest BCUT2D eigenvalue weighted by molar-refractivity contribution is 0.874. The molecule has 0 saturated carbocycles. The van der Waals surface area contributed by atoms with Crippen molar-refractivity contribution in [1.82, 2.24) is 4.57 Å². The molecule has 0 bridgehead atoms. The normalized spacial score (nSPS) is 10.2. The SMILES string of the molecule is Cc1cccc2c1ccn2CC#N. The molecule has 0 atom stereocenters. The molecule has 1 heterocycles. The number of benzene rings is 1. The maximum atomic E-state index is 8.60. The molecule has 0 spiro atoms. The summed E-state index contributed by atoms with van der Waals surface area (Å²) in [6, 6.07) is 10.3. The highest BCUT2D eigenvalue weighted by molar-refractivity contribution is 5.83. The van der Waals surface area contributed by atoms with Crippen LogP contribution in [-0.4, -0.2) is 4.57 Å². The molecule has 0 N–H and O–H groups in total. The second-order valence-corrected chi connectivity index (χ2v) is 3.11. The molecule has 0 radical (unpaired) electrons. The Labute approximate surface area is 77.0 Å². The zero-order valence-corrected chi connectivity index (χ0v) is 7.49. The first-order valence-electron chi connectivity index (χ1n) is 4.24. The largest absolute Gasteiger partial charge is 0.334 e. The van der Waals surface area contributed by atoms with E-state index in [-0.39, 0.29) is 0 Å². The monoisotopic (exact) mass is 170 g/mol. The van der Waals surface area contributed by atoms with Crippen LogP contribution in [0.1, 0.15) is 5.56 Å². The minimum Gasteiger partial charge on any atom is -0.334 e. The maximum Gasteiger partial charge on any atom is 0.110 e. The molecule has 64 valence electrons. The summed E-state index contributed by atoms with van der Waals surface area (Å²) in [5, 5.41) is 9.83. The number of fused-ring (bicyclic) bond motifs is 1. The lowest BCUT2D eigenvalue weighted by atomic mass is 10.1. The fraction of sp³-hybridized carbons (Fsp3) is 0.182. The van der Waals surface area contributed by atoms with Crippen LogP contribution in [0, 0.1) is 18.3 Å². The standard InChI is InChI=1S/C11H10N2/c1-9-3-2-4-11-10(9)5-7-13(11)8-6-12/h2-5,7H,8H2,1H3. The van der Waals surface area contributed by atoms with Gasteiger partial charge >= 0.3 is 0 Å². The van der Waals surface area contributed by atoms with Crippen molar-refractivity contribution in [2.24, 2.45) is 0 Å². The van der Waals surface area contributed by atoms with Crippen molar-refractivity contribution in [3.05, 3.63) is 36.0 Å². The number of nitriles is 1. The van der Waals surface area contributed by atoms with Gasteiger partial charge in [0.2, 0.25) is 0 Å². The van der Waals surface area contributed by atoms with E-state index in [4.69, 9.17) is 5.26 Å². The van der Waals surface area contributed by atoms with Crippen LogP contribution in [0.2, 0.25) is 0 Å². The van der Waals surface area contributed by atoms with Gasteiger partial charge in [0, 0.05) is 17.1 Å². The Bertz CT molecular complexity index is 474. The van der Waals surface area contributed by atoms with Gasteiger partial charge in [0.15, 0.2) is 0 Å². The van der Waals surface area contributed by atoms with Crippen molar-refractivity contribution in [3.63, 3.8) is 0 Å². The Morgan fingerprint density at radius 3 is 3.00 bits per heavy atom. The van der Waals surface area contributed by atoms with E-state index in [1.165, 1.54) is 10.9 Å². The van der Waals surface area contributed by atoms with Crippen LogP contribution in [0.25, 0.3) is 10.9 Å². The van der Waals surface area contributed by atoms with Crippen LogP contribution in [0.5, 0.6) is 0 Å². The van der Waals surface area contributed by atoms with Crippen molar-refractivity contribution in [2.45, 2.75) is 13.5 Å². The average Bonchev–Trinajstić information content (AvgIpc) is 2.51. The Balaban J connectivity index is 2.70. The molecule has 1 aromatic carbocycles. The summed E-state index contributed by atoms with van der Waals surface area (Å²) in [4.78, 5) is 0. The third-order valence-electron chi connectivity index (χ3n) is 2.27. The first kappa shape index (κ1) is 7.88. The average molecular weight is 170 g/mol. The number of aryl methyl sites for hydroxylation is 1. The molecule has 2 heteroatoms. The van der Waals surface area contributed by atoms with Crippen molar-refractivity contribution >= 4 is 10.9 Å². The Morgan fingerprint density at radius 2 is 2.23 bits per heavy atom. The minimum absolute atomic E-state index is 0.424. The van der Waals surface area contributed by atoms with E-state index in [9.17, 15) is 0 Å². The van der Waals surface area contributed by atoms with Gasteiger partial charge < -0.3 is 4.57 Å². The molecule has 1 aromatic heterocycles. The summed E-state index contributed by atoms with van der Waals surface area (Å²) in [6.07, 6.45) is 1.96. The van der Waals surface area contributed by atoms with E-state index in [2.05, 4.69) is 25.1 Å². The maximum absolute atomic E-state index is 8.60. The highest BCUT2D eigenvalue weighted by Gasteiger charge is 2.00. The molecule has 0 unspecified atom stereocenters. The summed E-state index contributed by atoms with van der Waals surface area (Å²) in [7, 11) is 0. The zero-order valence-electron chi connectivity index (χ0n) is 7.49. The van der Waals surface area contributed by atoms with Crippen LogP contribution in [-0.2, 0) is 6.54 Å². The first-order valence-corrected chi connectivity index (χ1v) is 4.24. The Morgan fingerprint density at radius 1 is 1.38 bits per heavy atom. The van der Waals surface area contributed by atoms with E-state index < -0.39 is 0 Å². The van der Waals surface area contributed by atoms with E-state index >= 15 is 0 Å². The fourth-order valence-corrected chi connectivity index (χ4v) is 1.59. The first-order chi connectivity index (χ1) is 6.33. The van der Waals surface area contributed by atoms with Crippen molar-refractivity contribution in [2.75, 3.05) is 0 Å². The third-order valence-corrected chi connectivity index (χ3v) is 2.27. The van der Waals surface area contributed by atoms with E-state index in [0.29, 0.717) is 6.54 Å². The minimum atomic E-state index is 0.424. The molecular weight excluding hydrogens is 160 g/mol. The molecule has 2 nitrogen and oxygen atoms in total. The van der Waals surface area contributed by atoms with Gasteiger partial charge in [-0.15, -0.1) is 0 Å². The van der Waals surface area contributed by atoms with Gasteiger partial charge in [-0.2, -0.15) is 5.26 Å². The molecule has 0 aliphatic heterocycles. The third kappa shape index (κ3) is 1.19. The van der Waals surface area contributed by atoms with Crippen molar-refractivity contribution in [3.8, 4) is 6.07 Å². The summed E-state index contributed by atoms with van der Waals surface area (Å²) < 4.78 is 1.96. The topological polar surface area (TPSA) is 28.7 Å². The molecular formula is C11H10N2. The smallest absolute Gasteiger partial charge is 0.110 e. The summed E-state index contributed by atoms with van der Waals surface area (Å²) >= 11 is 0. The summed E-state index contributed by atoms with van der Waals surface area (Å²) in [6.45, 7) is 2.51. The van der Waals surface area contributed by atoms with Gasteiger partial charge in [-0.3, -0.25) is 0 Å². The van der Waals surface area contributed by atoms with Crippen LogP contribution in [0.4, 0.5) is 0 Å². The van der Waals surface area contributed by atoms with Crippen LogP contribution in [0.3, 0.4) is 0 Å². The Hall–Kier alpha value is -1.75. The van der Waals surface area contributed by atoms with Gasteiger partial charge in [0.1, 0.15) is 6.54 Å². The molecule has 0 saturated heterocycles. The molecule has 0 aliphatic carbocycles. The number of rotatable bonds is 1. The Kier molecular flexibility index (Phi) is 1.79. The van der Waals surface area contributed by atoms with Gasteiger partial charge in [0.05, 0.1) is 6.07 Å². The summed E-state index contributed by atoms with van der Waals surface area (Å²) in [5.74, 6) is 0. The van der Waals surface area contributed by atoms with Crippen molar-refractivity contribution < 1.29 is 0 Å². The van der Waals surface area contributed by atoms with E-state index in [1.54, 1.807) is 0 Å². The molecule has 0 amide bonds. The number of hydrogen-bond acceptors (Lipinski definition) is 1. The van der Waals surface area contributed by atoms with Gasteiger partial charge in [-0.25, -0.2) is 0 Å². The van der Waals surface area contributed by atoms with E-state index in [1.807, 2.05) is 22.9 Å². The predicted molar refractivity (Wildman–Crippen MR) is 52.3 cm³/mol. The number of hydrogen-bond donors (Lipinski definition) is 0. The van der Waals surface area contributed by atoms with Crippen molar-refractivity contribution in [1.29, 1.82) is 5.26 Å². The fourth-order valence-electron chi connectivity index (χ4n) is 1.59. The second-order valence-electron chi connectivity index (χ2n) is 3.11. The molecule has 0 fully saturated rings. The van der Waals surface area contributed by atoms with E-state index in [0.717, 1.165) is 5.52 Å². The van der Waals surface area contributed by atoms with Gasteiger partial charge in [-0.1, -0.05) is 12.1 Å². The number of nitrogens with zero attached hydrogens (tertiary/aromatic N) is 2.